The van der Waals surface area contributed by atoms with Gasteiger partial charge in [0, 0.05) is 6.20 Å². The number of nitrogens with zero attached hydrogens (tertiary/aromatic N) is 2. The van der Waals surface area contributed by atoms with Crippen LogP contribution in [-0.4, -0.2) is 22.3 Å². The average Bonchev–Trinajstić information content (AvgIpc) is 3.17. The molecule has 0 aliphatic rings. The number of carbonyl (C=O) groups excluding carboxylic acids is 1. The van der Waals surface area contributed by atoms with Crippen LogP contribution in [0.2, 0.25) is 0 Å². The monoisotopic (exact) mass is 415 g/mol. The summed E-state index contributed by atoms with van der Waals surface area (Å²) in [6.45, 7) is 3.10. The van der Waals surface area contributed by atoms with Crippen LogP contribution >= 0.6 is 0 Å². The number of ether oxygens (including phenoxy) is 2. The Bertz CT molecular complexity index is 1000. The Morgan fingerprint density at radius 2 is 1.87 bits per heavy atom. The number of halogens is 2. The largest absolute Gasteiger partial charge is 0.471 e. The molecule has 3 aromatic rings. The summed E-state index contributed by atoms with van der Waals surface area (Å²) in [7, 11) is 0. The number of alkyl halides is 2. The fraction of sp³-hybridized carbons (Fsp3) is 0.273. The van der Waals surface area contributed by atoms with Gasteiger partial charge in [-0.05, 0) is 54.3 Å². The summed E-state index contributed by atoms with van der Waals surface area (Å²) in [6.07, 6.45) is 1.60. The van der Waals surface area contributed by atoms with Crippen molar-refractivity contribution in [3.8, 4) is 11.5 Å². The maximum absolute atomic E-state index is 12.6. The lowest BCUT2D eigenvalue weighted by Gasteiger charge is -2.12. The van der Waals surface area contributed by atoms with Crippen molar-refractivity contribution in [2.24, 2.45) is 0 Å². The van der Waals surface area contributed by atoms with Gasteiger partial charge in [-0.15, -0.1) is 0 Å². The molecule has 0 radical (unpaired) electrons. The Balaban J connectivity index is 1.62. The molecule has 3 rings (SSSR count). The van der Waals surface area contributed by atoms with Crippen LogP contribution in [0.25, 0.3) is 0 Å². The van der Waals surface area contributed by atoms with Gasteiger partial charge in [0.05, 0.1) is 5.69 Å². The van der Waals surface area contributed by atoms with Crippen LogP contribution in [0.15, 0.2) is 54.7 Å². The highest BCUT2D eigenvalue weighted by molar-refractivity contribution is 6.03. The third-order valence-electron chi connectivity index (χ3n) is 4.38. The maximum atomic E-state index is 12.6. The zero-order valence-corrected chi connectivity index (χ0v) is 16.9. The number of hydrogen-bond acceptors (Lipinski definition) is 4. The molecular formula is C22H23F2N3O3. The fourth-order valence-electron chi connectivity index (χ4n) is 2.76. The number of anilines is 1. The molecule has 1 N–H and O–H groups in total. The first kappa shape index (κ1) is 21.3. The van der Waals surface area contributed by atoms with Crippen LogP contribution in [0.1, 0.15) is 41.4 Å². The molecule has 0 aliphatic carbocycles. The fourth-order valence-corrected chi connectivity index (χ4v) is 2.76. The second-order valence-corrected chi connectivity index (χ2v) is 7.07. The van der Waals surface area contributed by atoms with E-state index in [1.807, 2.05) is 24.3 Å². The van der Waals surface area contributed by atoms with E-state index in [0.717, 1.165) is 5.56 Å². The zero-order valence-electron chi connectivity index (χ0n) is 16.9. The number of carbonyl (C=O) groups is 1. The van der Waals surface area contributed by atoms with E-state index < -0.39 is 12.5 Å². The first-order chi connectivity index (χ1) is 14.3. The SMILES string of the molecule is Cc1ccc(NC(=O)c2ccn(COc3ccc(C(C)C)cc3)n2)c(OC(F)F)c1. The Kier molecular flexibility index (Phi) is 6.66. The normalized spacial score (nSPS) is 11.0. The Morgan fingerprint density at radius 1 is 1.13 bits per heavy atom. The van der Waals surface area contributed by atoms with Crippen molar-refractivity contribution >= 4 is 11.6 Å². The predicted molar refractivity (Wildman–Crippen MR) is 109 cm³/mol. The molecule has 8 heteroatoms. The molecule has 1 amide bonds. The summed E-state index contributed by atoms with van der Waals surface area (Å²) in [5.41, 5.74) is 2.21. The minimum absolute atomic E-state index is 0.106. The highest BCUT2D eigenvalue weighted by atomic mass is 19.3. The van der Waals surface area contributed by atoms with Gasteiger partial charge in [-0.25, -0.2) is 4.68 Å². The van der Waals surface area contributed by atoms with Crippen molar-refractivity contribution in [2.45, 2.75) is 40.0 Å². The first-order valence-corrected chi connectivity index (χ1v) is 9.45. The molecule has 0 saturated carbocycles. The second kappa shape index (κ2) is 9.39. The van der Waals surface area contributed by atoms with E-state index in [-0.39, 0.29) is 23.9 Å². The Labute approximate surface area is 173 Å². The third kappa shape index (κ3) is 5.56. The van der Waals surface area contributed by atoms with Gasteiger partial charge in [0.2, 0.25) is 0 Å². The first-order valence-electron chi connectivity index (χ1n) is 9.45. The lowest BCUT2D eigenvalue weighted by Crippen LogP contribution is -2.15. The van der Waals surface area contributed by atoms with Gasteiger partial charge in [0.1, 0.15) is 11.5 Å². The van der Waals surface area contributed by atoms with Crippen LogP contribution in [0, 0.1) is 6.92 Å². The molecule has 1 heterocycles. The van der Waals surface area contributed by atoms with E-state index in [2.05, 4.69) is 29.0 Å². The van der Waals surface area contributed by atoms with Crippen LogP contribution in [0.4, 0.5) is 14.5 Å². The highest BCUT2D eigenvalue weighted by Crippen LogP contribution is 2.27. The number of amides is 1. The molecule has 6 nitrogen and oxygen atoms in total. The van der Waals surface area contributed by atoms with Crippen molar-refractivity contribution in [2.75, 3.05) is 5.32 Å². The predicted octanol–water partition coefficient (Wildman–Crippen LogP) is 5.21. The summed E-state index contributed by atoms with van der Waals surface area (Å²) in [5.74, 6) is 0.477. The lowest BCUT2D eigenvalue weighted by molar-refractivity contribution is -0.0494. The van der Waals surface area contributed by atoms with Crippen LogP contribution in [0.5, 0.6) is 11.5 Å². The van der Waals surface area contributed by atoms with Crippen molar-refractivity contribution in [1.29, 1.82) is 0 Å². The Morgan fingerprint density at radius 3 is 2.53 bits per heavy atom. The van der Waals surface area contributed by atoms with Gasteiger partial charge in [0.25, 0.3) is 5.91 Å². The van der Waals surface area contributed by atoms with Crippen molar-refractivity contribution in [3.63, 3.8) is 0 Å². The van der Waals surface area contributed by atoms with Crippen LogP contribution < -0.4 is 14.8 Å². The number of aromatic nitrogens is 2. The van der Waals surface area contributed by atoms with Crippen LogP contribution in [-0.2, 0) is 6.73 Å². The number of hydrogen-bond donors (Lipinski definition) is 1. The molecule has 1 aromatic heterocycles. The van der Waals surface area contributed by atoms with Gasteiger partial charge in [0.15, 0.2) is 12.4 Å². The molecule has 2 aromatic carbocycles. The van der Waals surface area contributed by atoms with Crippen molar-refractivity contribution in [1.82, 2.24) is 9.78 Å². The minimum Gasteiger partial charge on any atom is -0.471 e. The molecular weight excluding hydrogens is 392 g/mol. The van der Waals surface area contributed by atoms with Gasteiger partial charge in [-0.2, -0.15) is 13.9 Å². The summed E-state index contributed by atoms with van der Waals surface area (Å²) < 4.78 is 36.9. The Hall–Kier alpha value is -3.42. The summed E-state index contributed by atoms with van der Waals surface area (Å²) in [5, 5.41) is 6.72. The van der Waals surface area contributed by atoms with Crippen molar-refractivity contribution in [3.05, 3.63) is 71.5 Å². The minimum atomic E-state index is -2.99. The average molecular weight is 415 g/mol. The second-order valence-electron chi connectivity index (χ2n) is 7.07. The molecule has 0 saturated heterocycles. The molecule has 0 unspecified atom stereocenters. The van der Waals surface area contributed by atoms with E-state index in [4.69, 9.17) is 4.74 Å². The quantitative estimate of drug-likeness (QED) is 0.549. The molecule has 0 spiro atoms. The topological polar surface area (TPSA) is 65.4 Å². The smallest absolute Gasteiger partial charge is 0.387 e. The number of benzene rings is 2. The summed E-state index contributed by atoms with van der Waals surface area (Å²) >= 11 is 0. The molecule has 30 heavy (non-hydrogen) atoms. The van der Waals surface area contributed by atoms with E-state index in [1.54, 1.807) is 19.2 Å². The van der Waals surface area contributed by atoms with E-state index in [1.165, 1.54) is 28.4 Å². The highest BCUT2D eigenvalue weighted by Gasteiger charge is 2.15. The van der Waals surface area contributed by atoms with E-state index >= 15 is 0 Å². The molecule has 158 valence electrons. The lowest BCUT2D eigenvalue weighted by atomic mass is 10.0. The van der Waals surface area contributed by atoms with Crippen LogP contribution in [0.3, 0.4) is 0 Å². The number of nitrogens with one attached hydrogen (secondary N) is 1. The van der Waals surface area contributed by atoms with Gasteiger partial charge < -0.3 is 14.8 Å². The summed E-state index contributed by atoms with van der Waals surface area (Å²) in [6, 6.07) is 13.9. The van der Waals surface area contributed by atoms with E-state index in [9.17, 15) is 13.6 Å². The van der Waals surface area contributed by atoms with Gasteiger partial charge >= 0.3 is 6.61 Å². The standard InChI is InChI=1S/C22H23F2N3O3/c1-14(2)16-5-7-17(8-6-16)29-13-27-11-10-19(26-27)21(28)25-18-9-4-15(3)12-20(18)30-22(23)24/h4-12,14,22H,13H2,1-3H3,(H,25,28). The third-order valence-corrected chi connectivity index (χ3v) is 4.38. The van der Waals surface area contributed by atoms with Gasteiger partial charge in [-0.3, -0.25) is 4.79 Å². The number of aryl methyl sites for hydroxylation is 1. The molecule has 0 aliphatic heterocycles. The molecule has 0 atom stereocenters. The van der Waals surface area contributed by atoms with Gasteiger partial charge in [-0.1, -0.05) is 32.0 Å². The maximum Gasteiger partial charge on any atom is 0.387 e. The summed E-state index contributed by atoms with van der Waals surface area (Å²) in [4.78, 5) is 12.5. The molecule has 0 bridgehead atoms. The zero-order chi connectivity index (χ0) is 21.7. The number of rotatable bonds is 8. The van der Waals surface area contributed by atoms with Crippen molar-refractivity contribution < 1.29 is 23.0 Å². The van der Waals surface area contributed by atoms with E-state index in [0.29, 0.717) is 11.7 Å². The molecule has 0 fully saturated rings.